The lowest BCUT2D eigenvalue weighted by Gasteiger charge is -2.38. The van der Waals surface area contributed by atoms with Gasteiger partial charge in [-0.15, -0.1) is 0 Å². The minimum Gasteiger partial charge on any atom is -0.490 e. The molecular weight excluding hydrogens is 254 g/mol. The number of hydrogen-bond donors (Lipinski definition) is 1. The Hall–Kier alpha value is -1.26. The molecule has 4 heteroatoms. The molecule has 0 radical (unpaired) electrons. The first-order valence-corrected chi connectivity index (χ1v) is 7.43. The summed E-state index contributed by atoms with van der Waals surface area (Å²) in [5, 5.41) is 3.37. The smallest absolute Gasteiger partial charge is 0.161 e. The van der Waals surface area contributed by atoms with Crippen LogP contribution in [0.25, 0.3) is 0 Å². The van der Waals surface area contributed by atoms with Crippen LogP contribution in [0.15, 0.2) is 18.2 Å². The van der Waals surface area contributed by atoms with Crippen molar-refractivity contribution in [2.75, 3.05) is 26.9 Å². The van der Waals surface area contributed by atoms with E-state index in [4.69, 9.17) is 14.2 Å². The molecule has 2 atom stereocenters. The summed E-state index contributed by atoms with van der Waals surface area (Å²) in [6, 6.07) is 6.70. The lowest BCUT2D eigenvalue weighted by molar-refractivity contribution is -0.0805. The molecule has 2 heterocycles. The van der Waals surface area contributed by atoms with Crippen LogP contribution in [0, 0.1) is 0 Å². The lowest BCUT2D eigenvalue weighted by atomic mass is 9.85. The number of rotatable bonds is 2. The van der Waals surface area contributed by atoms with E-state index in [0.717, 1.165) is 44.0 Å². The van der Waals surface area contributed by atoms with Gasteiger partial charge in [0.2, 0.25) is 0 Å². The maximum absolute atomic E-state index is 6.07. The highest BCUT2D eigenvalue weighted by atomic mass is 16.5. The molecule has 4 nitrogen and oxygen atoms in total. The first-order valence-electron chi connectivity index (χ1n) is 7.43. The van der Waals surface area contributed by atoms with Crippen LogP contribution >= 0.6 is 0 Å². The molecule has 1 fully saturated rings. The zero-order valence-corrected chi connectivity index (χ0v) is 12.3. The van der Waals surface area contributed by atoms with Crippen molar-refractivity contribution in [3.8, 4) is 11.5 Å². The molecule has 1 aromatic carbocycles. The summed E-state index contributed by atoms with van der Waals surface area (Å²) < 4.78 is 17.5. The Labute approximate surface area is 120 Å². The first-order chi connectivity index (χ1) is 9.71. The quantitative estimate of drug-likeness (QED) is 0.901. The summed E-state index contributed by atoms with van der Waals surface area (Å²) in [4.78, 5) is 0. The summed E-state index contributed by atoms with van der Waals surface area (Å²) in [7, 11) is 2.02. The Morgan fingerprint density at radius 3 is 2.75 bits per heavy atom. The van der Waals surface area contributed by atoms with E-state index in [2.05, 4.69) is 24.4 Å². The molecule has 0 spiro atoms. The average molecular weight is 277 g/mol. The molecule has 2 aliphatic heterocycles. The van der Waals surface area contributed by atoms with Crippen molar-refractivity contribution in [3.63, 3.8) is 0 Å². The molecular formula is C16H23NO3. The second kappa shape index (κ2) is 5.62. The van der Waals surface area contributed by atoms with E-state index in [1.54, 1.807) is 0 Å². The van der Waals surface area contributed by atoms with Crippen LogP contribution < -0.4 is 14.8 Å². The van der Waals surface area contributed by atoms with Gasteiger partial charge in [0.25, 0.3) is 0 Å². The minimum absolute atomic E-state index is 0.253. The van der Waals surface area contributed by atoms with E-state index < -0.39 is 0 Å². The molecule has 0 saturated carbocycles. The maximum atomic E-state index is 6.07. The predicted octanol–water partition coefficient (Wildman–Crippen LogP) is 2.46. The largest absolute Gasteiger partial charge is 0.490 e. The summed E-state index contributed by atoms with van der Waals surface area (Å²) in [6.45, 7) is 4.39. The summed E-state index contributed by atoms with van der Waals surface area (Å²) in [5.74, 6) is 1.69. The second-order valence-corrected chi connectivity index (χ2v) is 5.77. The number of fused-ring (bicyclic) bond motifs is 1. The van der Waals surface area contributed by atoms with E-state index in [9.17, 15) is 0 Å². The van der Waals surface area contributed by atoms with Crippen molar-refractivity contribution >= 4 is 0 Å². The van der Waals surface area contributed by atoms with Gasteiger partial charge in [-0.1, -0.05) is 6.07 Å². The van der Waals surface area contributed by atoms with Crippen LogP contribution in [-0.4, -0.2) is 32.9 Å². The van der Waals surface area contributed by atoms with E-state index in [1.807, 2.05) is 13.1 Å². The molecule has 0 amide bonds. The molecule has 2 aliphatic rings. The summed E-state index contributed by atoms with van der Waals surface area (Å²) in [5.41, 5.74) is 0.915. The number of ether oxygens (including phenoxy) is 3. The fraction of sp³-hybridized carbons (Fsp3) is 0.625. The molecule has 2 unspecified atom stereocenters. The number of hydrogen-bond acceptors (Lipinski definition) is 4. The SMILES string of the molecule is CNC1CCOC(C)(c2ccc3c(c2)OCCCO3)C1. The highest BCUT2D eigenvalue weighted by molar-refractivity contribution is 5.45. The number of benzene rings is 1. The van der Waals surface area contributed by atoms with Gasteiger partial charge in [0.1, 0.15) is 0 Å². The Morgan fingerprint density at radius 2 is 1.95 bits per heavy atom. The fourth-order valence-electron chi connectivity index (χ4n) is 3.00. The van der Waals surface area contributed by atoms with Gasteiger partial charge in [0.05, 0.1) is 18.8 Å². The third-order valence-electron chi connectivity index (χ3n) is 4.29. The molecule has 1 aromatic rings. The van der Waals surface area contributed by atoms with Gasteiger partial charge in [-0.3, -0.25) is 0 Å². The van der Waals surface area contributed by atoms with Crippen molar-refractivity contribution in [1.82, 2.24) is 5.32 Å². The van der Waals surface area contributed by atoms with Crippen LogP contribution in [0.4, 0.5) is 0 Å². The standard InChI is InChI=1S/C16H23NO3/c1-16(11-13(17-2)6-9-20-16)12-4-5-14-15(10-12)19-8-3-7-18-14/h4-5,10,13,17H,3,6-9,11H2,1-2H3. The second-order valence-electron chi connectivity index (χ2n) is 5.77. The Kier molecular flexibility index (Phi) is 3.85. The lowest BCUT2D eigenvalue weighted by Crippen LogP contribution is -2.42. The highest BCUT2D eigenvalue weighted by Crippen LogP contribution is 2.39. The maximum Gasteiger partial charge on any atom is 0.161 e. The van der Waals surface area contributed by atoms with Crippen LogP contribution in [0.2, 0.25) is 0 Å². The molecule has 20 heavy (non-hydrogen) atoms. The van der Waals surface area contributed by atoms with Gasteiger partial charge in [-0.2, -0.15) is 0 Å². The van der Waals surface area contributed by atoms with E-state index >= 15 is 0 Å². The highest BCUT2D eigenvalue weighted by Gasteiger charge is 2.35. The zero-order valence-electron chi connectivity index (χ0n) is 12.3. The molecule has 3 rings (SSSR count). The van der Waals surface area contributed by atoms with Crippen LogP contribution in [0.5, 0.6) is 11.5 Å². The van der Waals surface area contributed by atoms with Crippen LogP contribution in [0.3, 0.4) is 0 Å². The summed E-state index contributed by atoms with van der Waals surface area (Å²) >= 11 is 0. The van der Waals surface area contributed by atoms with Crippen LogP contribution in [-0.2, 0) is 10.3 Å². The zero-order chi connectivity index (χ0) is 14.0. The minimum atomic E-state index is -0.253. The topological polar surface area (TPSA) is 39.7 Å². The normalized spacial score (nSPS) is 29.8. The average Bonchev–Trinajstić information content (AvgIpc) is 2.71. The molecule has 0 bridgehead atoms. The van der Waals surface area contributed by atoms with Crippen molar-refractivity contribution in [2.45, 2.75) is 37.8 Å². The molecule has 1 N–H and O–H groups in total. The first kappa shape index (κ1) is 13.7. The van der Waals surface area contributed by atoms with E-state index in [0.29, 0.717) is 12.6 Å². The van der Waals surface area contributed by atoms with Gasteiger partial charge in [-0.25, -0.2) is 0 Å². The Morgan fingerprint density at radius 1 is 1.15 bits per heavy atom. The van der Waals surface area contributed by atoms with Gasteiger partial charge in [0, 0.05) is 19.1 Å². The van der Waals surface area contributed by atoms with Crippen molar-refractivity contribution in [2.24, 2.45) is 0 Å². The molecule has 110 valence electrons. The fourth-order valence-corrected chi connectivity index (χ4v) is 3.00. The molecule has 0 aliphatic carbocycles. The third kappa shape index (κ3) is 2.63. The van der Waals surface area contributed by atoms with E-state index in [-0.39, 0.29) is 5.60 Å². The van der Waals surface area contributed by atoms with Gasteiger partial charge in [0.15, 0.2) is 11.5 Å². The Balaban J connectivity index is 1.87. The van der Waals surface area contributed by atoms with Gasteiger partial charge < -0.3 is 19.5 Å². The molecule has 0 aromatic heterocycles. The van der Waals surface area contributed by atoms with Gasteiger partial charge in [-0.05, 0) is 44.5 Å². The van der Waals surface area contributed by atoms with E-state index in [1.165, 1.54) is 5.56 Å². The Bertz CT molecular complexity index is 477. The summed E-state index contributed by atoms with van der Waals surface area (Å²) in [6.07, 6.45) is 2.97. The molecule has 1 saturated heterocycles. The van der Waals surface area contributed by atoms with Crippen LogP contribution in [0.1, 0.15) is 31.7 Å². The van der Waals surface area contributed by atoms with Crippen molar-refractivity contribution in [3.05, 3.63) is 23.8 Å². The third-order valence-corrected chi connectivity index (χ3v) is 4.29. The van der Waals surface area contributed by atoms with Crippen molar-refractivity contribution in [1.29, 1.82) is 0 Å². The number of nitrogens with one attached hydrogen (secondary N) is 1. The predicted molar refractivity (Wildman–Crippen MR) is 77.4 cm³/mol. The van der Waals surface area contributed by atoms with Crippen molar-refractivity contribution < 1.29 is 14.2 Å². The monoisotopic (exact) mass is 277 g/mol. The van der Waals surface area contributed by atoms with Gasteiger partial charge >= 0.3 is 0 Å².